The minimum Gasteiger partial charge on any atom is -0.348 e. The van der Waals surface area contributed by atoms with Gasteiger partial charge in [-0.15, -0.1) is 11.3 Å². The van der Waals surface area contributed by atoms with E-state index in [0.717, 1.165) is 12.8 Å². The predicted octanol–water partition coefficient (Wildman–Crippen LogP) is 3.59. The normalized spacial score (nSPS) is 13.7. The molecule has 0 atom stereocenters. The summed E-state index contributed by atoms with van der Waals surface area (Å²) in [6.07, 6.45) is 2.02. The number of nitrogens with one attached hydrogen (secondary N) is 2. The number of nitrogens with zero attached hydrogens (tertiary/aromatic N) is 1. The number of amides is 2. The van der Waals surface area contributed by atoms with Gasteiger partial charge in [0.2, 0.25) is 0 Å². The van der Waals surface area contributed by atoms with Crippen LogP contribution in [-0.4, -0.2) is 22.8 Å². The smallest absolute Gasteiger partial charge is 0.271 e. The lowest BCUT2D eigenvalue weighted by atomic mass is 10.2. The van der Waals surface area contributed by atoms with Gasteiger partial charge in [-0.05, 0) is 31.0 Å². The molecule has 1 aliphatic carbocycles. The van der Waals surface area contributed by atoms with Crippen LogP contribution in [0.25, 0.3) is 0 Å². The van der Waals surface area contributed by atoms with Crippen LogP contribution in [0.3, 0.4) is 0 Å². The maximum absolute atomic E-state index is 12.1. The first-order chi connectivity index (χ1) is 10.5. The number of hydrogen-bond donors (Lipinski definition) is 2. The molecule has 0 saturated heterocycles. The molecule has 0 unspecified atom stereocenters. The van der Waals surface area contributed by atoms with Crippen LogP contribution in [0.2, 0.25) is 10.0 Å². The number of halogens is 2. The molecule has 1 heterocycles. The molecule has 2 N–H and O–H groups in total. The highest BCUT2D eigenvalue weighted by Gasteiger charge is 2.25. The van der Waals surface area contributed by atoms with Gasteiger partial charge in [0, 0.05) is 16.4 Å². The molecule has 1 fully saturated rings. The van der Waals surface area contributed by atoms with Gasteiger partial charge in [-0.1, -0.05) is 23.2 Å². The first-order valence-electron chi connectivity index (χ1n) is 6.56. The van der Waals surface area contributed by atoms with Crippen molar-refractivity contribution in [3.63, 3.8) is 0 Å². The van der Waals surface area contributed by atoms with Crippen LogP contribution in [-0.2, 0) is 0 Å². The first kappa shape index (κ1) is 15.3. The summed E-state index contributed by atoms with van der Waals surface area (Å²) in [5, 5.41) is 8.13. The third-order valence-corrected chi connectivity index (χ3v) is 4.35. The minimum atomic E-state index is -0.398. The highest BCUT2D eigenvalue weighted by Crippen LogP contribution is 2.24. The second kappa shape index (κ2) is 6.24. The Labute approximate surface area is 140 Å². The standard InChI is InChI=1S/C14H11Cl2N3O2S/c15-7-1-4-9(10(16)5-7)12(20)19-14-18-11(6-22-14)13(21)17-8-2-3-8/h1,4-6,8H,2-3H2,(H,17,21)(H,18,19,20). The molecular weight excluding hydrogens is 345 g/mol. The molecule has 1 saturated carbocycles. The van der Waals surface area contributed by atoms with Crippen LogP contribution in [0, 0.1) is 0 Å². The molecule has 0 spiro atoms. The Kier molecular flexibility index (Phi) is 4.33. The maximum Gasteiger partial charge on any atom is 0.271 e. The van der Waals surface area contributed by atoms with Crippen molar-refractivity contribution < 1.29 is 9.59 Å². The largest absolute Gasteiger partial charge is 0.348 e. The Morgan fingerprint density at radius 1 is 1.23 bits per heavy atom. The number of carbonyl (C=O) groups is 2. The predicted molar refractivity (Wildman–Crippen MR) is 87.0 cm³/mol. The van der Waals surface area contributed by atoms with E-state index in [1.54, 1.807) is 11.4 Å². The monoisotopic (exact) mass is 355 g/mol. The molecule has 0 aliphatic heterocycles. The van der Waals surface area contributed by atoms with E-state index in [4.69, 9.17) is 23.2 Å². The summed E-state index contributed by atoms with van der Waals surface area (Å²) in [5.41, 5.74) is 0.597. The molecule has 3 rings (SSSR count). The summed E-state index contributed by atoms with van der Waals surface area (Å²) >= 11 is 13.0. The third kappa shape index (κ3) is 3.58. The number of aromatic nitrogens is 1. The Bertz CT molecular complexity index is 743. The second-order valence-electron chi connectivity index (χ2n) is 4.86. The van der Waals surface area contributed by atoms with E-state index < -0.39 is 5.91 Å². The Morgan fingerprint density at radius 2 is 2.00 bits per heavy atom. The topological polar surface area (TPSA) is 71.1 Å². The van der Waals surface area contributed by atoms with Crippen LogP contribution < -0.4 is 10.6 Å². The van der Waals surface area contributed by atoms with Crippen molar-refractivity contribution in [1.29, 1.82) is 0 Å². The summed E-state index contributed by atoms with van der Waals surface area (Å²) < 4.78 is 0. The molecule has 0 radical (unpaired) electrons. The zero-order valence-corrected chi connectivity index (χ0v) is 13.6. The third-order valence-electron chi connectivity index (χ3n) is 3.05. The quantitative estimate of drug-likeness (QED) is 0.879. The van der Waals surface area contributed by atoms with Crippen LogP contribution in [0.15, 0.2) is 23.6 Å². The lowest BCUT2D eigenvalue weighted by molar-refractivity contribution is 0.0945. The highest BCUT2D eigenvalue weighted by atomic mass is 35.5. The van der Waals surface area contributed by atoms with Gasteiger partial charge in [0.15, 0.2) is 5.13 Å². The lowest BCUT2D eigenvalue weighted by Crippen LogP contribution is -2.25. The molecule has 0 bridgehead atoms. The van der Waals surface area contributed by atoms with Crippen LogP contribution in [0.4, 0.5) is 5.13 Å². The lowest BCUT2D eigenvalue weighted by Gasteiger charge is -2.04. The molecule has 1 aromatic heterocycles. The van der Waals surface area contributed by atoms with E-state index in [1.807, 2.05) is 0 Å². The van der Waals surface area contributed by atoms with Gasteiger partial charge >= 0.3 is 0 Å². The van der Waals surface area contributed by atoms with E-state index in [-0.39, 0.29) is 17.0 Å². The molecule has 8 heteroatoms. The number of benzene rings is 1. The first-order valence-corrected chi connectivity index (χ1v) is 8.19. The van der Waals surface area contributed by atoms with E-state index >= 15 is 0 Å². The summed E-state index contributed by atoms with van der Waals surface area (Å²) in [5.74, 6) is -0.617. The molecule has 114 valence electrons. The van der Waals surface area contributed by atoms with E-state index in [0.29, 0.717) is 21.4 Å². The second-order valence-corrected chi connectivity index (χ2v) is 6.57. The average Bonchev–Trinajstić information content (AvgIpc) is 3.14. The van der Waals surface area contributed by atoms with Crippen molar-refractivity contribution >= 4 is 51.5 Å². The molecule has 2 aromatic rings. The summed E-state index contributed by atoms with van der Waals surface area (Å²) in [4.78, 5) is 28.1. The fourth-order valence-corrected chi connectivity index (χ4v) is 2.94. The van der Waals surface area contributed by atoms with Crippen molar-refractivity contribution in [2.24, 2.45) is 0 Å². The van der Waals surface area contributed by atoms with Crippen LogP contribution in [0.1, 0.15) is 33.7 Å². The van der Waals surface area contributed by atoms with Gasteiger partial charge in [-0.25, -0.2) is 4.98 Å². The van der Waals surface area contributed by atoms with Crippen LogP contribution in [0.5, 0.6) is 0 Å². The number of rotatable bonds is 4. The zero-order valence-electron chi connectivity index (χ0n) is 11.2. The van der Waals surface area contributed by atoms with Gasteiger partial charge < -0.3 is 5.32 Å². The number of hydrogen-bond acceptors (Lipinski definition) is 4. The van der Waals surface area contributed by atoms with Crippen molar-refractivity contribution in [3.8, 4) is 0 Å². The van der Waals surface area contributed by atoms with Crippen molar-refractivity contribution in [3.05, 3.63) is 44.9 Å². The van der Waals surface area contributed by atoms with Gasteiger partial charge in [-0.3, -0.25) is 14.9 Å². The Morgan fingerprint density at radius 3 is 2.68 bits per heavy atom. The minimum absolute atomic E-state index is 0.219. The van der Waals surface area contributed by atoms with E-state index in [1.165, 1.54) is 23.5 Å². The molecular formula is C14H11Cl2N3O2S. The van der Waals surface area contributed by atoms with Crippen molar-refractivity contribution in [2.75, 3.05) is 5.32 Å². The number of thiazole rings is 1. The Hall–Kier alpha value is -1.63. The fourth-order valence-electron chi connectivity index (χ4n) is 1.76. The summed E-state index contributed by atoms with van der Waals surface area (Å²) in [6.45, 7) is 0. The highest BCUT2D eigenvalue weighted by molar-refractivity contribution is 7.14. The van der Waals surface area contributed by atoms with Gasteiger partial charge in [0.1, 0.15) is 5.69 Å². The van der Waals surface area contributed by atoms with Gasteiger partial charge in [0.05, 0.1) is 10.6 Å². The van der Waals surface area contributed by atoms with Crippen LogP contribution >= 0.6 is 34.5 Å². The van der Waals surface area contributed by atoms with Crippen molar-refractivity contribution in [2.45, 2.75) is 18.9 Å². The van der Waals surface area contributed by atoms with Crippen molar-refractivity contribution in [1.82, 2.24) is 10.3 Å². The van der Waals surface area contributed by atoms with E-state index in [9.17, 15) is 9.59 Å². The molecule has 22 heavy (non-hydrogen) atoms. The molecule has 5 nitrogen and oxygen atoms in total. The SMILES string of the molecule is O=C(NC1CC1)c1csc(NC(=O)c2ccc(Cl)cc2Cl)n1. The molecule has 2 amide bonds. The average molecular weight is 356 g/mol. The van der Waals surface area contributed by atoms with Gasteiger partial charge in [-0.2, -0.15) is 0 Å². The summed E-state index contributed by atoms with van der Waals surface area (Å²) in [7, 11) is 0. The maximum atomic E-state index is 12.1. The zero-order chi connectivity index (χ0) is 15.7. The Balaban J connectivity index is 1.68. The number of anilines is 1. The number of carbonyl (C=O) groups excluding carboxylic acids is 2. The molecule has 1 aliphatic rings. The molecule has 1 aromatic carbocycles. The van der Waals surface area contributed by atoms with Gasteiger partial charge in [0.25, 0.3) is 11.8 Å². The summed E-state index contributed by atoms with van der Waals surface area (Å²) in [6, 6.07) is 4.88. The fraction of sp³-hybridized carbons (Fsp3) is 0.214. The van der Waals surface area contributed by atoms with E-state index in [2.05, 4.69) is 15.6 Å².